The lowest BCUT2D eigenvalue weighted by atomic mass is 9.90. The van der Waals surface area contributed by atoms with E-state index in [2.05, 4.69) is 29.1 Å². The standard InChI is InChI=1S/C20H28N6O3/c1-11(2)12(3)26-10-13(17-16(19(26)27)18(21)23-22-17)14-9-15(25(4)24-14)20(28)5-7-29-8-6-20/h9-12,28H,5-8H2,1-4H3,(H3,21,22,23). The molecule has 9 heteroatoms. The number of hydrogen-bond acceptors (Lipinski definition) is 6. The lowest BCUT2D eigenvalue weighted by molar-refractivity contribution is -0.0725. The van der Waals surface area contributed by atoms with E-state index in [4.69, 9.17) is 10.5 Å². The number of anilines is 1. The number of fused-ring (bicyclic) bond motifs is 1. The lowest BCUT2D eigenvalue weighted by Gasteiger charge is -2.31. The second-order valence-electron chi connectivity index (χ2n) is 8.28. The van der Waals surface area contributed by atoms with Crippen LogP contribution in [0, 0.1) is 5.92 Å². The smallest absolute Gasteiger partial charge is 0.264 e. The first-order valence-corrected chi connectivity index (χ1v) is 9.96. The highest BCUT2D eigenvalue weighted by molar-refractivity contribution is 5.97. The molecule has 4 heterocycles. The summed E-state index contributed by atoms with van der Waals surface area (Å²) in [5.74, 6) is 0.434. The van der Waals surface area contributed by atoms with Gasteiger partial charge in [-0.25, -0.2) is 0 Å². The van der Waals surface area contributed by atoms with Gasteiger partial charge in [0.2, 0.25) is 0 Å². The molecule has 0 saturated carbocycles. The number of aromatic amines is 1. The summed E-state index contributed by atoms with van der Waals surface area (Å²) < 4.78 is 8.80. The Morgan fingerprint density at radius 2 is 2.00 bits per heavy atom. The normalized spacial score (nSPS) is 17.9. The van der Waals surface area contributed by atoms with Gasteiger partial charge >= 0.3 is 0 Å². The summed E-state index contributed by atoms with van der Waals surface area (Å²) in [6.45, 7) is 7.16. The zero-order valence-electron chi connectivity index (χ0n) is 17.3. The molecule has 156 valence electrons. The minimum atomic E-state index is -0.982. The van der Waals surface area contributed by atoms with Crippen LogP contribution in [0.15, 0.2) is 17.1 Å². The molecule has 1 fully saturated rings. The summed E-state index contributed by atoms with van der Waals surface area (Å²) in [6.07, 6.45) is 2.84. The Morgan fingerprint density at radius 1 is 1.31 bits per heavy atom. The summed E-state index contributed by atoms with van der Waals surface area (Å²) in [5, 5.41) is 23.1. The topological polar surface area (TPSA) is 124 Å². The summed E-state index contributed by atoms with van der Waals surface area (Å²) in [5.41, 5.74) is 7.52. The number of pyridine rings is 1. The molecule has 1 aliphatic heterocycles. The minimum Gasteiger partial charge on any atom is -0.383 e. The number of hydrogen-bond donors (Lipinski definition) is 3. The highest BCUT2D eigenvalue weighted by Gasteiger charge is 2.35. The number of aromatic nitrogens is 5. The van der Waals surface area contributed by atoms with Gasteiger partial charge in [-0.2, -0.15) is 10.2 Å². The number of rotatable bonds is 4. The second-order valence-corrected chi connectivity index (χ2v) is 8.28. The predicted molar refractivity (Wildman–Crippen MR) is 110 cm³/mol. The summed E-state index contributed by atoms with van der Waals surface area (Å²) >= 11 is 0. The van der Waals surface area contributed by atoms with Gasteiger partial charge in [0.1, 0.15) is 11.0 Å². The maximum Gasteiger partial charge on any atom is 0.264 e. The third-order valence-corrected chi connectivity index (χ3v) is 6.14. The van der Waals surface area contributed by atoms with Gasteiger partial charge in [-0.15, -0.1) is 0 Å². The Morgan fingerprint density at radius 3 is 2.66 bits per heavy atom. The van der Waals surface area contributed by atoms with Crippen LogP contribution in [-0.4, -0.2) is 42.9 Å². The third kappa shape index (κ3) is 3.14. The average Bonchev–Trinajstić information content (AvgIpc) is 3.26. The maximum absolute atomic E-state index is 13.1. The van der Waals surface area contributed by atoms with Crippen LogP contribution in [0.3, 0.4) is 0 Å². The zero-order chi connectivity index (χ0) is 20.9. The number of nitrogens with zero attached hydrogens (tertiary/aromatic N) is 4. The van der Waals surface area contributed by atoms with Crippen molar-refractivity contribution in [2.24, 2.45) is 13.0 Å². The molecular weight excluding hydrogens is 372 g/mol. The Hall–Kier alpha value is -2.65. The van der Waals surface area contributed by atoms with Crippen LogP contribution in [0.25, 0.3) is 22.2 Å². The van der Waals surface area contributed by atoms with Crippen LogP contribution in [0.2, 0.25) is 0 Å². The molecular formula is C20H28N6O3. The van der Waals surface area contributed by atoms with Crippen molar-refractivity contribution in [3.05, 3.63) is 28.3 Å². The molecule has 1 atom stereocenters. The van der Waals surface area contributed by atoms with E-state index in [9.17, 15) is 9.90 Å². The predicted octanol–water partition coefficient (Wildman–Crippen LogP) is 1.92. The largest absolute Gasteiger partial charge is 0.383 e. The van der Waals surface area contributed by atoms with Crippen LogP contribution in [0.1, 0.15) is 45.3 Å². The van der Waals surface area contributed by atoms with Gasteiger partial charge in [0.05, 0.1) is 16.9 Å². The van der Waals surface area contributed by atoms with Gasteiger partial charge in [-0.05, 0) is 18.9 Å². The monoisotopic (exact) mass is 400 g/mol. The molecule has 1 aliphatic rings. The van der Waals surface area contributed by atoms with E-state index in [0.717, 1.165) is 11.3 Å². The molecule has 1 unspecified atom stereocenters. The van der Waals surface area contributed by atoms with Gasteiger partial charge in [0, 0.05) is 50.9 Å². The Labute approximate surface area is 168 Å². The molecule has 9 nitrogen and oxygen atoms in total. The molecule has 4 N–H and O–H groups in total. The molecule has 0 radical (unpaired) electrons. The fourth-order valence-electron chi connectivity index (χ4n) is 3.98. The van der Waals surface area contributed by atoms with Crippen molar-refractivity contribution in [3.8, 4) is 11.3 Å². The number of nitrogen functional groups attached to an aromatic ring is 1. The Balaban J connectivity index is 1.92. The van der Waals surface area contributed by atoms with Crippen LogP contribution in [0.4, 0.5) is 5.82 Å². The second kappa shape index (κ2) is 7.00. The molecule has 29 heavy (non-hydrogen) atoms. The van der Waals surface area contributed by atoms with Crippen molar-refractivity contribution in [2.45, 2.75) is 45.3 Å². The molecule has 3 aromatic heterocycles. The molecule has 0 spiro atoms. The summed E-state index contributed by atoms with van der Waals surface area (Å²) in [6, 6.07) is 1.86. The number of H-pyrrole nitrogens is 1. The van der Waals surface area contributed by atoms with Gasteiger partial charge in [-0.3, -0.25) is 14.6 Å². The number of aliphatic hydroxyl groups is 1. The zero-order valence-corrected chi connectivity index (χ0v) is 17.3. The Bertz CT molecular complexity index is 1100. The quantitative estimate of drug-likeness (QED) is 0.615. The van der Waals surface area contributed by atoms with E-state index >= 15 is 0 Å². The number of nitrogens with one attached hydrogen (secondary N) is 1. The lowest BCUT2D eigenvalue weighted by Crippen LogP contribution is -2.35. The highest BCUT2D eigenvalue weighted by Crippen LogP contribution is 2.35. The van der Waals surface area contributed by atoms with Crippen LogP contribution in [0.5, 0.6) is 0 Å². The maximum atomic E-state index is 13.1. The fourth-order valence-corrected chi connectivity index (χ4v) is 3.98. The Kier molecular flexibility index (Phi) is 4.74. The minimum absolute atomic E-state index is 0.0252. The molecule has 1 saturated heterocycles. The van der Waals surface area contributed by atoms with Crippen LogP contribution < -0.4 is 11.3 Å². The molecule has 0 aromatic carbocycles. The van der Waals surface area contributed by atoms with Gasteiger partial charge < -0.3 is 20.1 Å². The van der Waals surface area contributed by atoms with Crippen LogP contribution >= 0.6 is 0 Å². The van der Waals surface area contributed by atoms with Gasteiger partial charge in [0.25, 0.3) is 5.56 Å². The van der Waals surface area contributed by atoms with E-state index in [-0.39, 0.29) is 23.3 Å². The van der Waals surface area contributed by atoms with Crippen molar-refractivity contribution in [1.82, 2.24) is 24.5 Å². The number of nitrogens with two attached hydrogens (primary N) is 1. The van der Waals surface area contributed by atoms with Crippen molar-refractivity contribution < 1.29 is 9.84 Å². The van der Waals surface area contributed by atoms with Crippen molar-refractivity contribution in [2.75, 3.05) is 18.9 Å². The third-order valence-electron chi connectivity index (χ3n) is 6.14. The van der Waals surface area contributed by atoms with Crippen molar-refractivity contribution in [1.29, 1.82) is 0 Å². The van der Waals surface area contributed by atoms with E-state index in [1.807, 2.05) is 26.2 Å². The highest BCUT2D eigenvalue weighted by atomic mass is 16.5. The van der Waals surface area contributed by atoms with Crippen molar-refractivity contribution in [3.63, 3.8) is 0 Å². The SMILES string of the molecule is CC(C)C(C)n1cc(-c2cc(C3(O)CCOCC3)n(C)n2)c2[nH]nc(N)c2c1=O. The van der Waals surface area contributed by atoms with Gasteiger partial charge in [-0.1, -0.05) is 13.8 Å². The number of ether oxygens (including phenoxy) is 1. The molecule has 4 rings (SSSR count). The van der Waals surface area contributed by atoms with E-state index < -0.39 is 5.60 Å². The van der Waals surface area contributed by atoms with E-state index in [0.29, 0.717) is 42.7 Å². The first-order chi connectivity index (χ1) is 13.7. The molecule has 3 aromatic rings. The van der Waals surface area contributed by atoms with Gasteiger partial charge in [0.15, 0.2) is 5.82 Å². The molecule has 0 amide bonds. The van der Waals surface area contributed by atoms with Crippen molar-refractivity contribution >= 4 is 16.7 Å². The number of aryl methyl sites for hydroxylation is 1. The average molecular weight is 400 g/mol. The fraction of sp³-hybridized carbons (Fsp3) is 0.550. The van der Waals surface area contributed by atoms with Crippen LogP contribution in [-0.2, 0) is 17.4 Å². The van der Waals surface area contributed by atoms with E-state index in [1.165, 1.54) is 0 Å². The molecule has 0 aliphatic carbocycles. The van der Waals surface area contributed by atoms with E-state index in [1.54, 1.807) is 9.25 Å². The first kappa shape index (κ1) is 19.7. The summed E-state index contributed by atoms with van der Waals surface area (Å²) in [7, 11) is 1.82. The summed E-state index contributed by atoms with van der Waals surface area (Å²) in [4.78, 5) is 13.1. The molecule has 0 bridgehead atoms. The first-order valence-electron chi connectivity index (χ1n) is 9.96.